The van der Waals surface area contributed by atoms with Crippen LogP contribution in [0.2, 0.25) is 0 Å². The fraction of sp³-hybridized carbons (Fsp3) is 0.200. The first-order valence-electron chi connectivity index (χ1n) is 8.24. The summed E-state index contributed by atoms with van der Waals surface area (Å²) < 4.78 is 1.71. The molecule has 0 unspecified atom stereocenters. The standard InChI is InChI=1S/C20H18N2O2/c1-2-3-11-22-15-10-6-9-14-16(15)17(18(21)20(22)24)12-7-4-5-8-13(12)19(14)23/h4-10H,2-3,11,21H2,1H3. The van der Waals surface area contributed by atoms with Crippen LogP contribution in [0.25, 0.3) is 22.0 Å². The van der Waals surface area contributed by atoms with Crippen LogP contribution in [0.1, 0.15) is 35.7 Å². The summed E-state index contributed by atoms with van der Waals surface area (Å²) >= 11 is 0. The van der Waals surface area contributed by atoms with E-state index in [9.17, 15) is 9.59 Å². The van der Waals surface area contributed by atoms with E-state index in [0.717, 1.165) is 29.3 Å². The highest BCUT2D eigenvalue weighted by molar-refractivity contribution is 6.26. The fourth-order valence-electron chi connectivity index (χ4n) is 3.58. The number of nitrogens with zero attached hydrogens (tertiary/aromatic N) is 1. The quantitative estimate of drug-likeness (QED) is 0.628. The second-order valence-corrected chi connectivity index (χ2v) is 6.17. The lowest BCUT2D eigenvalue weighted by atomic mass is 9.83. The minimum Gasteiger partial charge on any atom is -0.394 e. The second kappa shape index (κ2) is 5.34. The van der Waals surface area contributed by atoms with Gasteiger partial charge in [-0.05, 0) is 18.1 Å². The lowest BCUT2D eigenvalue weighted by Crippen LogP contribution is -2.26. The van der Waals surface area contributed by atoms with Gasteiger partial charge in [0, 0.05) is 28.6 Å². The van der Waals surface area contributed by atoms with Gasteiger partial charge in [-0.25, -0.2) is 0 Å². The van der Waals surface area contributed by atoms with Crippen molar-refractivity contribution in [3.63, 3.8) is 0 Å². The van der Waals surface area contributed by atoms with E-state index in [2.05, 4.69) is 6.92 Å². The maximum absolute atomic E-state index is 12.9. The number of unbranched alkanes of at least 4 members (excludes halogenated alkanes) is 1. The van der Waals surface area contributed by atoms with Crippen molar-refractivity contribution in [1.82, 2.24) is 4.57 Å². The second-order valence-electron chi connectivity index (χ2n) is 6.17. The Morgan fingerprint density at radius 3 is 2.42 bits per heavy atom. The van der Waals surface area contributed by atoms with Gasteiger partial charge in [0.1, 0.15) is 5.69 Å². The summed E-state index contributed by atoms with van der Waals surface area (Å²) in [6.45, 7) is 2.69. The van der Waals surface area contributed by atoms with Crippen molar-refractivity contribution in [2.24, 2.45) is 0 Å². The highest BCUT2D eigenvalue weighted by atomic mass is 16.1. The maximum atomic E-state index is 12.9. The van der Waals surface area contributed by atoms with Crippen LogP contribution in [0.3, 0.4) is 0 Å². The van der Waals surface area contributed by atoms with Gasteiger partial charge in [0.15, 0.2) is 5.78 Å². The Morgan fingerprint density at radius 1 is 0.958 bits per heavy atom. The first kappa shape index (κ1) is 14.7. The minimum atomic E-state index is -0.174. The Balaban J connectivity index is 2.19. The van der Waals surface area contributed by atoms with Gasteiger partial charge in [-0.3, -0.25) is 9.59 Å². The van der Waals surface area contributed by atoms with E-state index in [-0.39, 0.29) is 17.0 Å². The topological polar surface area (TPSA) is 65.1 Å². The minimum absolute atomic E-state index is 0.0104. The number of aromatic nitrogens is 1. The maximum Gasteiger partial charge on any atom is 0.274 e. The third kappa shape index (κ3) is 1.86. The Kier molecular flexibility index (Phi) is 3.27. The van der Waals surface area contributed by atoms with Crippen molar-refractivity contribution < 1.29 is 4.79 Å². The third-order valence-electron chi connectivity index (χ3n) is 4.75. The van der Waals surface area contributed by atoms with Crippen LogP contribution in [0, 0.1) is 0 Å². The molecular formula is C20H18N2O2. The van der Waals surface area contributed by atoms with Gasteiger partial charge in [-0.2, -0.15) is 0 Å². The van der Waals surface area contributed by atoms with E-state index in [1.165, 1.54) is 0 Å². The molecule has 0 saturated heterocycles. The summed E-state index contributed by atoms with van der Waals surface area (Å²) in [5.74, 6) is -0.0104. The molecular weight excluding hydrogens is 300 g/mol. The van der Waals surface area contributed by atoms with E-state index >= 15 is 0 Å². The number of ketones is 1. The molecule has 4 rings (SSSR count). The first-order valence-corrected chi connectivity index (χ1v) is 8.24. The van der Waals surface area contributed by atoms with Gasteiger partial charge >= 0.3 is 0 Å². The predicted octanol–water partition coefficient (Wildman–Crippen LogP) is 3.60. The molecule has 0 radical (unpaired) electrons. The van der Waals surface area contributed by atoms with Crippen molar-refractivity contribution >= 4 is 22.4 Å². The normalized spacial score (nSPS) is 12.5. The molecule has 0 fully saturated rings. The van der Waals surface area contributed by atoms with Gasteiger partial charge in [0.25, 0.3) is 5.56 Å². The van der Waals surface area contributed by atoms with Gasteiger partial charge in [0.05, 0.1) is 5.52 Å². The zero-order valence-corrected chi connectivity index (χ0v) is 13.5. The number of nitrogen functional groups attached to an aromatic ring is 1. The number of carbonyl (C=O) groups excluding carboxylic acids is 1. The van der Waals surface area contributed by atoms with Crippen LogP contribution in [-0.2, 0) is 6.54 Å². The number of anilines is 1. The molecule has 3 aromatic rings. The summed E-state index contributed by atoms with van der Waals surface area (Å²) in [6, 6.07) is 12.9. The van der Waals surface area contributed by atoms with Gasteiger partial charge in [-0.15, -0.1) is 0 Å². The molecule has 4 heteroatoms. The van der Waals surface area contributed by atoms with Gasteiger partial charge < -0.3 is 10.3 Å². The van der Waals surface area contributed by atoms with Crippen molar-refractivity contribution in [3.8, 4) is 11.1 Å². The van der Waals surface area contributed by atoms with Crippen LogP contribution in [-0.4, -0.2) is 10.4 Å². The highest BCUT2D eigenvalue weighted by Gasteiger charge is 2.28. The average molecular weight is 318 g/mol. The van der Waals surface area contributed by atoms with Crippen molar-refractivity contribution in [3.05, 3.63) is 63.9 Å². The molecule has 120 valence electrons. The van der Waals surface area contributed by atoms with E-state index < -0.39 is 0 Å². The summed E-state index contributed by atoms with van der Waals surface area (Å²) in [7, 11) is 0. The molecule has 0 aliphatic heterocycles. The molecule has 0 amide bonds. The Morgan fingerprint density at radius 2 is 1.67 bits per heavy atom. The molecule has 1 aliphatic carbocycles. The van der Waals surface area contributed by atoms with Crippen molar-refractivity contribution in [1.29, 1.82) is 0 Å². The lowest BCUT2D eigenvalue weighted by molar-refractivity contribution is 0.104. The highest BCUT2D eigenvalue weighted by Crippen LogP contribution is 2.41. The average Bonchev–Trinajstić information content (AvgIpc) is 2.61. The van der Waals surface area contributed by atoms with Gasteiger partial charge in [0.2, 0.25) is 0 Å². The third-order valence-corrected chi connectivity index (χ3v) is 4.75. The molecule has 2 aromatic carbocycles. The Bertz CT molecular complexity index is 1050. The lowest BCUT2D eigenvalue weighted by Gasteiger charge is -2.23. The number of carbonyl (C=O) groups is 1. The monoisotopic (exact) mass is 318 g/mol. The Hall–Kier alpha value is -2.88. The SMILES string of the molecule is CCCCn1c(=O)c(N)c2c3c(cccc31)C(=O)c1ccccc1-2. The number of benzene rings is 2. The number of pyridine rings is 1. The number of aryl methyl sites for hydroxylation is 1. The van der Waals surface area contributed by atoms with Crippen LogP contribution in [0.5, 0.6) is 0 Å². The summed E-state index contributed by atoms with van der Waals surface area (Å²) in [5.41, 5.74) is 9.78. The summed E-state index contributed by atoms with van der Waals surface area (Å²) in [6.07, 6.45) is 1.87. The zero-order valence-electron chi connectivity index (χ0n) is 13.5. The zero-order chi connectivity index (χ0) is 16.8. The van der Waals surface area contributed by atoms with E-state index in [4.69, 9.17) is 5.73 Å². The molecule has 0 spiro atoms. The molecule has 1 aliphatic rings. The molecule has 1 aromatic heterocycles. The van der Waals surface area contributed by atoms with Crippen molar-refractivity contribution in [2.45, 2.75) is 26.3 Å². The molecule has 24 heavy (non-hydrogen) atoms. The molecule has 2 N–H and O–H groups in total. The molecule has 0 saturated carbocycles. The molecule has 0 bridgehead atoms. The largest absolute Gasteiger partial charge is 0.394 e. The van der Waals surface area contributed by atoms with Gasteiger partial charge in [-0.1, -0.05) is 49.7 Å². The van der Waals surface area contributed by atoms with Crippen LogP contribution in [0.15, 0.2) is 47.3 Å². The fourth-order valence-corrected chi connectivity index (χ4v) is 3.58. The summed E-state index contributed by atoms with van der Waals surface area (Å²) in [5, 5.41) is 0.800. The number of nitrogens with two attached hydrogens (primary N) is 1. The molecule has 1 heterocycles. The number of hydrogen-bond acceptors (Lipinski definition) is 3. The molecule has 4 nitrogen and oxygen atoms in total. The van der Waals surface area contributed by atoms with E-state index in [1.807, 2.05) is 36.4 Å². The van der Waals surface area contributed by atoms with E-state index in [0.29, 0.717) is 23.2 Å². The molecule has 0 atom stereocenters. The number of hydrogen-bond donors (Lipinski definition) is 1. The summed E-state index contributed by atoms with van der Waals surface area (Å²) in [4.78, 5) is 25.7. The van der Waals surface area contributed by atoms with Crippen LogP contribution >= 0.6 is 0 Å². The van der Waals surface area contributed by atoms with Crippen LogP contribution < -0.4 is 11.3 Å². The van der Waals surface area contributed by atoms with Crippen LogP contribution in [0.4, 0.5) is 5.69 Å². The first-order chi connectivity index (χ1) is 11.6. The van der Waals surface area contributed by atoms with E-state index in [1.54, 1.807) is 10.6 Å². The number of rotatable bonds is 3. The predicted molar refractivity (Wildman–Crippen MR) is 96.4 cm³/mol. The smallest absolute Gasteiger partial charge is 0.274 e. The Labute approximate surface area is 139 Å². The van der Waals surface area contributed by atoms with Crippen molar-refractivity contribution in [2.75, 3.05) is 5.73 Å². The number of fused-ring (bicyclic) bond motifs is 2.